The zero-order valence-corrected chi connectivity index (χ0v) is 16.8. The smallest absolute Gasteiger partial charge is 0.163 e. The molecule has 5 nitrogen and oxygen atoms in total. The van der Waals surface area contributed by atoms with Crippen LogP contribution in [0.15, 0.2) is 30.5 Å². The first-order valence-corrected chi connectivity index (χ1v) is 10.2. The minimum atomic E-state index is -0.439. The molecular formula is C21H28ClN3O2. The molecular weight excluding hydrogens is 362 g/mol. The highest BCUT2D eigenvalue weighted by Gasteiger charge is 2.33. The number of benzene rings is 1. The van der Waals surface area contributed by atoms with Gasteiger partial charge in [0.25, 0.3) is 0 Å². The number of ether oxygens (including phenoxy) is 2. The van der Waals surface area contributed by atoms with Gasteiger partial charge in [0.2, 0.25) is 0 Å². The summed E-state index contributed by atoms with van der Waals surface area (Å²) < 4.78 is 11.5. The zero-order valence-electron chi connectivity index (χ0n) is 16.0. The molecule has 6 heteroatoms. The molecule has 4 rings (SSSR count). The van der Waals surface area contributed by atoms with E-state index in [4.69, 9.17) is 21.1 Å². The highest BCUT2D eigenvalue weighted by molar-refractivity contribution is 6.31. The van der Waals surface area contributed by atoms with Gasteiger partial charge in [0.1, 0.15) is 0 Å². The summed E-state index contributed by atoms with van der Waals surface area (Å²) in [4.78, 5) is 4.42. The van der Waals surface area contributed by atoms with E-state index in [0.717, 1.165) is 41.0 Å². The fourth-order valence-electron chi connectivity index (χ4n) is 4.07. The van der Waals surface area contributed by atoms with E-state index in [-0.39, 0.29) is 6.10 Å². The largest absolute Gasteiger partial charge is 0.382 e. The topological polar surface area (TPSA) is 55.4 Å². The van der Waals surface area contributed by atoms with Crippen molar-refractivity contribution in [3.05, 3.63) is 35.5 Å². The van der Waals surface area contributed by atoms with E-state index in [9.17, 15) is 0 Å². The lowest BCUT2D eigenvalue weighted by Crippen LogP contribution is -2.41. The van der Waals surface area contributed by atoms with Crippen molar-refractivity contribution in [2.75, 3.05) is 18.5 Å². The molecule has 27 heavy (non-hydrogen) atoms. The summed E-state index contributed by atoms with van der Waals surface area (Å²) in [5.74, 6) is -0.439. The maximum atomic E-state index is 6.09. The first-order chi connectivity index (χ1) is 13.0. The lowest BCUT2D eigenvalue weighted by atomic mass is 9.90. The Hall–Kier alpha value is -1.40. The van der Waals surface area contributed by atoms with Crippen LogP contribution < -0.4 is 10.6 Å². The molecule has 1 aromatic heterocycles. The number of hydrogen-bond donors (Lipinski definition) is 2. The summed E-state index contributed by atoms with van der Waals surface area (Å²) in [6, 6.07) is 9.00. The number of nitrogens with one attached hydrogen (secondary N) is 2. The Balaban J connectivity index is 1.28. The maximum absolute atomic E-state index is 6.09. The summed E-state index contributed by atoms with van der Waals surface area (Å²) in [6.07, 6.45) is 6.66. The summed E-state index contributed by atoms with van der Waals surface area (Å²) in [5.41, 5.74) is 2.08. The summed E-state index contributed by atoms with van der Waals surface area (Å²) in [6.45, 7) is 5.49. The quantitative estimate of drug-likeness (QED) is 0.796. The molecule has 2 N–H and O–H groups in total. The number of hydrogen-bond acceptors (Lipinski definition) is 5. The van der Waals surface area contributed by atoms with Gasteiger partial charge in [0.05, 0.1) is 18.2 Å². The van der Waals surface area contributed by atoms with Crippen LogP contribution in [0.4, 0.5) is 5.69 Å². The van der Waals surface area contributed by atoms with Gasteiger partial charge in [-0.3, -0.25) is 4.98 Å². The molecule has 1 saturated carbocycles. The molecule has 2 fully saturated rings. The van der Waals surface area contributed by atoms with Crippen molar-refractivity contribution in [3.63, 3.8) is 0 Å². The molecule has 2 aliphatic rings. The Labute approximate surface area is 165 Å². The van der Waals surface area contributed by atoms with Crippen molar-refractivity contribution >= 4 is 28.2 Å². The zero-order chi connectivity index (χ0) is 18.9. The van der Waals surface area contributed by atoms with Crippen LogP contribution in [0, 0.1) is 0 Å². The molecule has 1 saturated heterocycles. The third-order valence-corrected chi connectivity index (χ3v) is 5.73. The van der Waals surface area contributed by atoms with Crippen molar-refractivity contribution in [2.45, 2.75) is 63.5 Å². The van der Waals surface area contributed by atoms with Gasteiger partial charge in [-0.1, -0.05) is 11.6 Å². The van der Waals surface area contributed by atoms with Crippen LogP contribution in [0.5, 0.6) is 0 Å². The molecule has 0 spiro atoms. The van der Waals surface area contributed by atoms with E-state index in [1.807, 2.05) is 38.2 Å². The van der Waals surface area contributed by atoms with Gasteiger partial charge in [0.15, 0.2) is 5.79 Å². The minimum absolute atomic E-state index is 0.158. The first kappa shape index (κ1) is 18.9. The lowest BCUT2D eigenvalue weighted by Gasteiger charge is -2.31. The van der Waals surface area contributed by atoms with Crippen LogP contribution >= 0.6 is 11.6 Å². The summed E-state index contributed by atoms with van der Waals surface area (Å²) in [5, 5.41) is 9.23. The average molecular weight is 390 g/mol. The average Bonchev–Trinajstić information content (AvgIpc) is 3.00. The Morgan fingerprint density at radius 2 is 1.93 bits per heavy atom. The Morgan fingerprint density at radius 3 is 2.67 bits per heavy atom. The number of pyridine rings is 1. The molecule has 0 amide bonds. The highest BCUT2D eigenvalue weighted by atomic mass is 35.5. The fourth-order valence-corrected chi connectivity index (χ4v) is 4.24. The van der Waals surface area contributed by atoms with Gasteiger partial charge >= 0.3 is 0 Å². The third kappa shape index (κ3) is 4.72. The molecule has 1 aromatic carbocycles. The predicted octanol–water partition coefficient (Wildman–Crippen LogP) is 4.35. The van der Waals surface area contributed by atoms with Crippen molar-refractivity contribution in [2.24, 2.45) is 0 Å². The predicted molar refractivity (Wildman–Crippen MR) is 109 cm³/mol. The van der Waals surface area contributed by atoms with Crippen molar-refractivity contribution in [3.8, 4) is 0 Å². The van der Waals surface area contributed by atoms with Gasteiger partial charge in [-0.05, 0) is 63.8 Å². The Morgan fingerprint density at radius 1 is 1.15 bits per heavy atom. The van der Waals surface area contributed by atoms with Crippen molar-refractivity contribution < 1.29 is 9.47 Å². The number of nitrogens with zero attached hydrogens (tertiary/aromatic N) is 1. The van der Waals surface area contributed by atoms with Gasteiger partial charge in [0, 0.05) is 40.9 Å². The van der Waals surface area contributed by atoms with Gasteiger partial charge < -0.3 is 20.1 Å². The lowest BCUT2D eigenvalue weighted by molar-refractivity contribution is -0.137. The van der Waals surface area contributed by atoms with E-state index in [1.54, 1.807) is 0 Å². The normalized spacial score (nSPS) is 27.7. The molecule has 0 bridgehead atoms. The molecule has 1 aliphatic heterocycles. The van der Waals surface area contributed by atoms with E-state index < -0.39 is 5.79 Å². The third-order valence-electron chi connectivity index (χ3n) is 5.49. The second-order valence-electron chi connectivity index (χ2n) is 8.07. The van der Waals surface area contributed by atoms with Crippen molar-refractivity contribution in [1.82, 2.24) is 10.3 Å². The number of rotatable bonds is 5. The fraction of sp³-hybridized carbons (Fsp3) is 0.571. The molecule has 1 atom stereocenters. The van der Waals surface area contributed by atoms with Crippen LogP contribution in [0.2, 0.25) is 5.02 Å². The van der Waals surface area contributed by atoms with E-state index >= 15 is 0 Å². The van der Waals surface area contributed by atoms with E-state index in [1.165, 1.54) is 12.8 Å². The Kier molecular flexibility index (Phi) is 5.55. The second kappa shape index (κ2) is 7.92. The van der Waals surface area contributed by atoms with Gasteiger partial charge in [-0.2, -0.15) is 0 Å². The molecule has 0 radical (unpaired) electrons. The minimum Gasteiger partial charge on any atom is -0.382 e. The van der Waals surface area contributed by atoms with Crippen LogP contribution in [0.3, 0.4) is 0 Å². The number of halogens is 1. The second-order valence-corrected chi connectivity index (χ2v) is 8.51. The van der Waals surface area contributed by atoms with Crippen LogP contribution in [0.1, 0.15) is 39.5 Å². The Bertz CT molecular complexity index is 790. The number of fused-ring (bicyclic) bond motifs is 1. The van der Waals surface area contributed by atoms with Gasteiger partial charge in [-0.25, -0.2) is 0 Å². The standard InChI is InChI=1S/C21H28ClN3O2/c1-21(2)26-13-17(27-21)12-24-15-4-6-16(7-5-15)25-19-9-10-23-20-11-14(22)3-8-18(19)20/h3,8-11,15-17,24H,4-7,12-13H2,1-2H3,(H,23,25)/t15-,16+,17-/m0/s1. The van der Waals surface area contributed by atoms with Crippen LogP contribution in [-0.2, 0) is 9.47 Å². The summed E-state index contributed by atoms with van der Waals surface area (Å²) in [7, 11) is 0. The highest BCUT2D eigenvalue weighted by Crippen LogP contribution is 2.28. The molecule has 0 unspecified atom stereocenters. The summed E-state index contributed by atoms with van der Waals surface area (Å²) >= 11 is 6.09. The van der Waals surface area contributed by atoms with Gasteiger partial charge in [-0.15, -0.1) is 0 Å². The number of anilines is 1. The van der Waals surface area contributed by atoms with Crippen LogP contribution in [0.25, 0.3) is 10.9 Å². The molecule has 146 valence electrons. The molecule has 2 heterocycles. The monoisotopic (exact) mass is 389 g/mol. The maximum Gasteiger partial charge on any atom is 0.163 e. The SMILES string of the molecule is CC1(C)OC[C@H](CN[C@H]2CC[C@@H](Nc3ccnc4cc(Cl)ccc34)CC2)O1. The van der Waals surface area contributed by atoms with E-state index in [2.05, 4.69) is 21.7 Å². The first-order valence-electron chi connectivity index (χ1n) is 9.84. The van der Waals surface area contributed by atoms with E-state index in [0.29, 0.717) is 18.7 Å². The molecule has 1 aliphatic carbocycles. The number of aromatic nitrogens is 1. The van der Waals surface area contributed by atoms with Crippen molar-refractivity contribution in [1.29, 1.82) is 0 Å². The van der Waals surface area contributed by atoms with Crippen LogP contribution in [-0.4, -0.2) is 42.1 Å². The molecule has 2 aromatic rings.